The summed E-state index contributed by atoms with van der Waals surface area (Å²) in [7, 11) is 0. The van der Waals surface area contributed by atoms with Crippen molar-refractivity contribution in [2.75, 3.05) is 24.5 Å². The van der Waals surface area contributed by atoms with Gasteiger partial charge in [-0.3, -0.25) is 0 Å². The molecule has 0 saturated carbocycles. The van der Waals surface area contributed by atoms with Gasteiger partial charge in [0.2, 0.25) is 0 Å². The predicted octanol–water partition coefficient (Wildman–Crippen LogP) is 3.64. The van der Waals surface area contributed by atoms with Crippen molar-refractivity contribution >= 4 is 11.8 Å². The molecule has 1 fully saturated rings. The molecule has 0 aromatic heterocycles. The molecule has 0 atom stereocenters. The van der Waals surface area contributed by atoms with Gasteiger partial charge in [0.25, 0.3) is 0 Å². The molecule has 3 nitrogen and oxygen atoms in total. The van der Waals surface area contributed by atoms with E-state index in [-0.39, 0.29) is 0 Å². The first-order chi connectivity index (χ1) is 12.3. The van der Waals surface area contributed by atoms with Crippen molar-refractivity contribution in [3.8, 4) is 0 Å². The molecule has 2 aliphatic rings. The van der Waals surface area contributed by atoms with Crippen LogP contribution in [0, 0.1) is 0 Å². The Labute approximate surface area is 150 Å². The number of hydrogen-bond donors (Lipinski definition) is 1. The first-order valence-corrected chi connectivity index (χ1v) is 9.39. The van der Waals surface area contributed by atoms with Gasteiger partial charge in [-0.25, -0.2) is 0 Å². The molecular weight excluding hydrogens is 306 g/mol. The van der Waals surface area contributed by atoms with Gasteiger partial charge in [-0.2, -0.15) is 0 Å². The third-order valence-electron chi connectivity index (χ3n) is 5.56. The summed E-state index contributed by atoms with van der Waals surface area (Å²) in [5.41, 5.74) is 11.1. The second-order valence-corrected chi connectivity index (χ2v) is 7.10. The second kappa shape index (κ2) is 7.32. The van der Waals surface area contributed by atoms with Crippen molar-refractivity contribution in [3.05, 3.63) is 71.4 Å². The molecule has 2 heterocycles. The molecule has 0 spiro atoms. The third-order valence-corrected chi connectivity index (χ3v) is 5.56. The molecule has 0 unspecified atom stereocenters. The fourth-order valence-electron chi connectivity index (χ4n) is 4.05. The molecule has 0 bridgehead atoms. The number of para-hydroxylation sites is 1. The number of anilines is 1. The maximum absolute atomic E-state index is 5.66. The average Bonchev–Trinajstić information content (AvgIpc) is 3.11. The lowest BCUT2D eigenvalue weighted by Gasteiger charge is -2.37. The van der Waals surface area contributed by atoms with E-state index in [1.165, 1.54) is 48.2 Å². The Balaban J connectivity index is 1.33. The van der Waals surface area contributed by atoms with Crippen LogP contribution in [0.1, 0.15) is 29.5 Å². The van der Waals surface area contributed by atoms with Crippen LogP contribution in [-0.2, 0) is 13.0 Å². The summed E-state index contributed by atoms with van der Waals surface area (Å²) >= 11 is 0. The number of nitrogens with zero attached hydrogens (tertiary/aromatic N) is 2. The van der Waals surface area contributed by atoms with E-state index in [2.05, 4.69) is 70.6 Å². The lowest BCUT2D eigenvalue weighted by molar-refractivity contribution is 0.280. The summed E-state index contributed by atoms with van der Waals surface area (Å²) in [5.74, 6) is 0. The summed E-state index contributed by atoms with van der Waals surface area (Å²) in [4.78, 5) is 5.09. The minimum absolute atomic E-state index is 0.608. The lowest BCUT2D eigenvalue weighted by atomic mass is 10.0. The number of fused-ring (bicyclic) bond motifs is 1. The number of piperidine rings is 1. The average molecular weight is 333 g/mol. The SMILES string of the molecule is NCc1ccc(C=CN2CCC(N3CCc4ccccc43)CC2)cc1. The van der Waals surface area contributed by atoms with Crippen LogP contribution in [-0.4, -0.2) is 30.6 Å². The van der Waals surface area contributed by atoms with E-state index in [9.17, 15) is 0 Å². The zero-order chi connectivity index (χ0) is 17.1. The summed E-state index contributed by atoms with van der Waals surface area (Å²) < 4.78 is 0. The van der Waals surface area contributed by atoms with Crippen LogP contribution in [0.3, 0.4) is 0 Å². The van der Waals surface area contributed by atoms with Crippen molar-refractivity contribution < 1.29 is 0 Å². The fraction of sp³-hybridized carbons (Fsp3) is 0.364. The molecule has 2 aromatic rings. The highest BCUT2D eigenvalue weighted by Crippen LogP contribution is 2.32. The Kier molecular flexibility index (Phi) is 4.75. The molecule has 0 amide bonds. The highest BCUT2D eigenvalue weighted by atomic mass is 15.2. The van der Waals surface area contributed by atoms with E-state index in [4.69, 9.17) is 5.73 Å². The first kappa shape index (κ1) is 16.2. The molecule has 2 N–H and O–H groups in total. The Morgan fingerprint density at radius 1 is 0.960 bits per heavy atom. The lowest BCUT2D eigenvalue weighted by Crippen LogP contribution is -2.42. The van der Waals surface area contributed by atoms with Crippen LogP contribution in [0.25, 0.3) is 6.08 Å². The third kappa shape index (κ3) is 3.57. The number of likely N-dealkylation sites (tertiary alicyclic amines) is 1. The molecule has 1 saturated heterocycles. The minimum atomic E-state index is 0.608. The second-order valence-electron chi connectivity index (χ2n) is 7.10. The van der Waals surface area contributed by atoms with Gasteiger partial charge in [0, 0.05) is 37.9 Å². The van der Waals surface area contributed by atoms with E-state index >= 15 is 0 Å². The molecule has 3 heteroatoms. The van der Waals surface area contributed by atoms with Gasteiger partial charge in [-0.05, 0) is 54.3 Å². The Bertz CT molecular complexity index is 727. The van der Waals surface area contributed by atoms with Crippen LogP contribution in [0.2, 0.25) is 0 Å². The summed E-state index contributed by atoms with van der Waals surface area (Å²) in [6, 6.07) is 18.1. The molecule has 0 radical (unpaired) electrons. The largest absolute Gasteiger partial charge is 0.377 e. The van der Waals surface area contributed by atoms with Crippen molar-refractivity contribution in [2.24, 2.45) is 5.73 Å². The first-order valence-electron chi connectivity index (χ1n) is 9.39. The molecule has 4 rings (SSSR count). The van der Waals surface area contributed by atoms with Crippen molar-refractivity contribution in [1.82, 2.24) is 4.90 Å². The topological polar surface area (TPSA) is 32.5 Å². The van der Waals surface area contributed by atoms with Gasteiger partial charge in [-0.1, -0.05) is 42.5 Å². The fourth-order valence-corrected chi connectivity index (χ4v) is 4.05. The Hall–Kier alpha value is -2.26. The van der Waals surface area contributed by atoms with Crippen LogP contribution in [0.5, 0.6) is 0 Å². The predicted molar refractivity (Wildman–Crippen MR) is 105 cm³/mol. The molecular formula is C22H27N3. The van der Waals surface area contributed by atoms with E-state index in [1.54, 1.807) is 0 Å². The van der Waals surface area contributed by atoms with Gasteiger partial charge >= 0.3 is 0 Å². The standard InChI is InChI=1S/C22H27N3/c23-17-19-7-5-18(6-8-19)9-13-24-14-11-21(12-15-24)25-16-10-20-3-1-2-4-22(20)25/h1-9,13,21H,10-12,14-17,23H2. The van der Waals surface area contributed by atoms with E-state index in [0.29, 0.717) is 12.6 Å². The van der Waals surface area contributed by atoms with E-state index in [0.717, 1.165) is 13.1 Å². The maximum atomic E-state index is 5.66. The molecule has 2 aliphatic heterocycles. The number of benzene rings is 2. The van der Waals surface area contributed by atoms with Gasteiger partial charge in [0.1, 0.15) is 0 Å². The molecule has 2 aromatic carbocycles. The van der Waals surface area contributed by atoms with Gasteiger partial charge < -0.3 is 15.5 Å². The quantitative estimate of drug-likeness (QED) is 0.927. The van der Waals surface area contributed by atoms with Gasteiger partial charge in [0.05, 0.1) is 0 Å². The highest BCUT2D eigenvalue weighted by molar-refractivity contribution is 5.58. The zero-order valence-corrected chi connectivity index (χ0v) is 14.8. The summed E-state index contributed by atoms with van der Waals surface area (Å²) in [6.07, 6.45) is 8.15. The van der Waals surface area contributed by atoms with Crippen molar-refractivity contribution in [3.63, 3.8) is 0 Å². The number of rotatable bonds is 4. The number of hydrogen-bond acceptors (Lipinski definition) is 3. The summed E-state index contributed by atoms with van der Waals surface area (Å²) in [6.45, 7) is 4.08. The Morgan fingerprint density at radius 3 is 2.48 bits per heavy atom. The van der Waals surface area contributed by atoms with Crippen molar-refractivity contribution in [2.45, 2.75) is 31.8 Å². The monoisotopic (exact) mass is 333 g/mol. The zero-order valence-electron chi connectivity index (χ0n) is 14.8. The van der Waals surface area contributed by atoms with Crippen molar-refractivity contribution in [1.29, 1.82) is 0 Å². The van der Waals surface area contributed by atoms with E-state index in [1.807, 2.05) is 0 Å². The maximum Gasteiger partial charge on any atom is 0.0402 e. The van der Waals surface area contributed by atoms with Crippen LogP contribution >= 0.6 is 0 Å². The Morgan fingerprint density at radius 2 is 1.72 bits per heavy atom. The van der Waals surface area contributed by atoms with Gasteiger partial charge in [-0.15, -0.1) is 0 Å². The molecule has 130 valence electrons. The van der Waals surface area contributed by atoms with Crippen LogP contribution in [0.4, 0.5) is 5.69 Å². The van der Waals surface area contributed by atoms with Crippen LogP contribution in [0.15, 0.2) is 54.7 Å². The van der Waals surface area contributed by atoms with E-state index < -0.39 is 0 Å². The highest BCUT2D eigenvalue weighted by Gasteiger charge is 2.28. The number of nitrogens with two attached hydrogens (primary N) is 1. The summed E-state index contributed by atoms with van der Waals surface area (Å²) in [5, 5.41) is 0. The van der Waals surface area contributed by atoms with Gasteiger partial charge in [0.15, 0.2) is 0 Å². The smallest absolute Gasteiger partial charge is 0.0402 e. The molecule has 0 aliphatic carbocycles. The van der Waals surface area contributed by atoms with Crippen LogP contribution < -0.4 is 10.6 Å². The minimum Gasteiger partial charge on any atom is -0.377 e. The normalized spacial score (nSPS) is 18.1. The molecule has 25 heavy (non-hydrogen) atoms.